The van der Waals surface area contributed by atoms with Crippen LogP contribution in [0, 0.1) is 0 Å². The van der Waals surface area contributed by atoms with Gasteiger partial charge in [-0.2, -0.15) is 5.10 Å². The molecule has 2 N–H and O–H groups in total. The number of pyridine rings is 3. The summed E-state index contributed by atoms with van der Waals surface area (Å²) < 4.78 is 0. The Hall–Kier alpha value is -3.88. The number of hydrogen-bond acceptors (Lipinski definition) is 6. The van der Waals surface area contributed by atoms with E-state index in [1.165, 1.54) is 10.4 Å². The van der Waals surface area contributed by atoms with Crippen molar-refractivity contribution < 1.29 is 0 Å². The van der Waals surface area contributed by atoms with Gasteiger partial charge in [0.15, 0.2) is 5.65 Å². The molecule has 0 atom stereocenters. The van der Waals surface area contributed by atoms with Crippen LogP contribution >= 0.6 is 11.3 Å². The number of aromatic amines is 2. The molecule has 7 nitrogen and oxygen atoms in total. The summed E-state index contributed by atoms with van der Waals surface area (Å²) in [5.41, 5.74) is 7.73. The Morgan fingerprint density at radius 3 is 2.73 bits per heavy atom. The van der Waals surface area contributed by atoms with E-state index in [0.29, 0.717) is 5.65 Å². The third-order valence-electron chi connectivity index (χ3n) is 5.62. The molecule has 0 fully saturated rings. The molecule has 162 valence electrons. The van der Waals surface area contributed by atoms with Gasteiger partial charge in [-0.15, -0.1) is 11.3 Å². The Kier molecular flexibility index (Phi) is 4.74. The molecule has 6 aromatic rings. The lowest BCUT2D eigenvalue weighted by atomic mass is 10.1. The summed E-state index contributed by atoms with van der Waals surface area (Å²) in [6, 6.07) is 12.7. The zero-order valence-corrected chi connectivity index (χ0v) is 19.0. The Bertz CT molecular complexity index is 1580. The highest BCUT2D eigenvalue weighted by molar-refractivity contribution is 7.13. The number of nitrogens with one attached hydrogen (secondary N) is 2. The van der Waals surface area contributed by atoms with Crippen LogP contribution in [0.1, 0.15) is 5.56 Å². The topological polar surface area (TPSA) is 86.4 Å². The average Bonchev–Trinajstić information content (AvgIpc) is 3.57. The number of fused-ring (bicyclic) bond motifs is 2. The van der Waals surface area contributed by atoms with Crippen molar-refractivity contribution >= 4 is 33.4 Å². The van der Waals surface area contributed by atoms with Crippen LogP contribution in [0.2, 0.25) is 0 Å². The second-order valence-corrected chi connectivity index (χ2v) is 9.24. The standard InChI is InChI=1S/C25H21N7S/c1-32(2)14-15-8-16(12-26-11-15)17-9-20-23(30-31-25(20)28-13-17)21-10-19-18(22-4-3-7-33-22)5-6-27-24(19)29-21/h3-13H,14H2,1-2H3,(H,27,29)(H,28,30,31). The van der Waals surface area contributed by atoms with Crippen LogP contribution < -0.4 is 0 Å². The maximum Gasteiger partial charge on any atom is 0.181 e. The number of thiophene rings is 1. The second-order valence-electron chi connectivity index (χ2n) is 8.29. The van der Waals surface area contributed by atoms with Crippen molar-refractivity contribution in [1.82, 2.24) is 35.0 Å². The minimum Gasteiger partial charge on any atom is -0.338 e. The molecule has 33 heavy (non-hydrogen) atoms. The summed E-state index contributed by atoms with van der Waals surface area (Å²) in [6.07, 6.45) is 7.48. The summed E-state index contributed by atoms with van der Waals surface area (Å²) in [5, 5.41) is 11.7. The van der Waals surface area contributed by atoms with Gasteiger partial charge in [0.05, 0.1) is 11.4 Å². The molecule has 0 bridgehead atoms. The fourth-order valence-electron chi connectivity index (χ4n) is 4.17. The molecule has 6 rings (SSSR count). The third-order valence-corrected chi connectivity index (χ3v) is 6.53. The molecule has 6 heterocycles. The fourth-order valence-corrected chi connectivity index (χ4v) is 4.93. The summed E-state index contributed by atoms with van der Waals surface area (Å²) in [7, 11) is 4.11. The number of rotatable bonds is 5. The van der Waals surface area contributed by atoms with Crippen LogP contribution in [0.25, 0.3) is 55.0 Å². The summed E-state index contributed by atoms with van der Waals surface area (Å²) in [6.45, 7) is 0.835. The Balaban J connectivity index is 1.45. The fraction of sp³-hybridized carbons (Fsp3) is 0.120. The van der Waals surface area contributed by atoms with Gasteiger partial charge in [-0.05, 0) is 55.4 Å². The number of H-pyrrole nitrogens is 2. The molecule has 0 aromatic carbocycles. The molecule has 0 unspecified atom stereocenters. The van der Waals surface area contributed by atoms with E-state index in [9.17, 15) is 0 Å². The third kappa shape index (κ3) is 3.59. The van der Waals surface area contributed by atoms with Gasteiger partial charge in [-0.3, -0.25) is 10.1 Å². The van der Waals surface area contributed by atoms with Gasteiger partial charge >= 0.3 is 0 Å². The van der Waals surface area contributed by atoms with Gasteiger partial charge in [0, 0.05) is 63.7 Å². The minimum atomic E-state index is 0.677. The highest BCUT2D eigenvalue weighted by Crippen LogP contribution is 2.35. The molecular formula is C25H21N7S. The molecular weight excluding hydrogens is 430 g/mol. The minimum absolute atomic E-state index is 0.677. The summed E-state index contributed by atoms with van der Waals surface area (Å²) in [4.78, 5) is 20.4. The zero-order chi connectivity index (χ0) is 22.4. The molecule has 0 aliphatic heterocycles. The van der Waals surface area contributed by atoms with E-state index in [2.05, 4.69) is 90.9 Å². The zero-order valence-electron chi connectivity index (χ0n) is 18.2. The van der Waals surface area contributed by atoms with Crippen LogP contribution in [0.15, 0.2) is 66.6 Å². The first-order valence-corrected chi connectivity index (χ1v) is 11.5. The maximum atomic E-state index is 4.60. The molecule has 0 aliphatic rings. The Morgan fingerprint density at radius 2 is 1.88 bits per heavy atom. The molecule has 0 amide bonds. The van der Waals surface area contributed by atoms with Crippen LogP contribution in [-0.4, -0.2) is 49.1 Å². The van der Waals surface area contributed by atoms with Crippen LogP contribution in [0.4, 0.5) is 0 Å². The van der Waals surface area contributed by atoms with E-state index >= 15 is 0 Å². The molecule has 8 heteroatoms. The SMILES string of the molecule is CN(C)Cc1cncc(-c2cnc3n[nH]c(-c4cc5c(-c6cccs6)ccnc5[nH]4)c3c2)c1. The first kappa shape index (κ1) is 19.8. The van der Waals surface area contributed by atoms with Crippen molar-refractivity contribution in [2.45, 2.75) is 6.54 Å². The first-order chi connectivity index (χ1) is 16.2. The van der Waals surface area contributed by atoms with Gasteiger partial charge in [0.1, 0.15) is 5.65 Å². The van der Waals surface area contributed by atoms with Gasteiger partial charge in [0.25, 0.3) is 0 Å². The van der Waals surface area contributed by atoms with Crippen molar-refractivity contribution in [2.24, 2.45) is 0 Å². The lowest BCUT2D eigenvalue weighted by Crippen LogP contribution is -2.10. The molecule has 0 saturated carbocycles. The van der Waals surface area contributed by atoms with Crippen LogP contribution in [0.3, 0.4) is 0 Å². The van der Waals surface area contributed by atoms with E-state index in [-0.39, 0.29) is 0 Å². The van der Waals surface area contributed by atoms with E-state index in [4.69, 9.17) is 0 Å². The van der Waals surface area contributed by atoms with Gasteiger partial charge in [0.2, 0.25) is 0 Å². The normalized spacial score (nSPS) is 11.7. The maximum absolute atomic E-state index is 4.60. The largest absolute Gasteiger partial charge is 0.338 e. The van der Waals surface area contributed by atoms with Crippen molar-refractivity contribution in [1.29, 1.82) is 0 Å². The van der Waals surface area contributed by atoms with E-state index in [0.717, 1.165) is 51.0 Å². The van der Waals surface area contributed by atoms with Crippen LogP contribution in [-0.2, 0) is 6.54 Å². The predicted octanol–water partition coefficient (Wildman–Crippen LogP) is 5.35. The molecule has 0 saturated heterocycles. The van der Waals surface area contributed by atoms with E-state index in [1.54, 1.807) is 11.3 Å². The summed E-state index contributed by atoms with van der Waals surface area (Å²) in [5.74, 6) is 0. The molecule has 0 radical (unpaired) electrons. The monoisotopic (exact) mass is 451 g/mol. The molecule has 0 aliphatic carbocycles. The lowest BCUT2D eigenvalue weighted by Gasteiger charge is -2.10. The lowest BCUT2D eigenvalue weighted by molar-refractivity contribution is 0.402. The van der Waals surface area contributed by atoms with Gasteiger partial charge in [-0.1, -0.05) is 6.07 Å². The number of aromatic nitrogens is 6. The number of nitrogens with zero attached hydrogens (tertiary/aromatic N) is 5. The molecule has 6 aromatic heterocycles. The second kappa shape index (κ2) is 7.91. The molecule has 0 spiro atoms. The van der Waals surface area contributed by atoms with Gasteiger partial charge in [-0.25, -0.2) is 9.97 Å². The van der Waals surface area contributed by atoms with Crippen molar-refractivity contribution in [3.05, 3.63) is 72.1 Å². The van der Waals surface area contributed by atoms with E-state index < -0.39 is 0 Å². The quantitative estimate of drug-likeness (QED) is 0.369. The summed E-state index contributed by atoms with van der Waals surface area (Å²) >= 11 is 1.72. The predicted molar refractivity (Wildman–Crippen MR) is 133 cm³/mol. The van der Waals surface area contributed by atoms with E-state index in [1.807, 2.05) is 24.8 Å². The van der Waals surface area contributed by atoms with Crippen molar-refractivity contribution in [3.63, 3.8) is 0 Å². The smallest absolute Gasteiger partial charge is 0.181 e. The van der Waals surface area contributed by atoms with Crippen LogP contribution in [0.5, 0.6) is 0 Å². The Labute approximate surface area is 194 Å². The Morgan fingerprint density at radius 1 is 0.970 bits per heavy atom. The highest BCUT2D eigenvalue weighted by Gasteiger charge is 2.15. The number of hydrogen-bond donors (Lipinski definition) is 2. The highest BCUT2D eigenvalue weighted by atomic mass is 32.1. The van der Waals surface area contributed by atoms with Crippen molar-refractivity contribution in [2.75, 3.05) is 14.1 Å². The average molecular weight is 452 g/mol. The van der Waals surface area contributed by atoms with Crippen molar-refractivity contribution in [3.8, 4) is 33.0 Å². The van der Waals surface area contributed by atoms with Gasteiger partial charge < -0.3 is 9.88 Å². The first-order valence-electron chi connectivity index (χ1n) is 10.6.